The summed E-state index contributed by atoms with van der Waals surface area (Å²) in [6.07, 6.45) is 2.34. The fraction of sp³-hybridized carbons (Fsp3) is 0.350. The van der Waals surface area contributed by atoms with Gasteiger partial charge in [0.15, 0.2) is 0 Å². The van der Waals surface area contributed by atoms with E-state index in [4.69, 9.17) is 4.74 Å². The maximum absolute atomic E-state index is 12.7. The molecule has 1 saturated carbocycles. The van der Waals surface area contributed by atoms with Crippen LogP contribution in [0.1, 0.15) is 36.5 Å². The molecule has 3 atom stereocenters. The molecular formula is C20H20N2O6Se. The normalized spacial score (nSPS) is 21.3. The number of hydrogen-bond acceptors (Lipinski definition) is 6. The number of carbonyl (C=O) groups excluding carboxylic acids is 1. The molecule has 0 unspecified atom stereocenters. The van der Waals surface area contributed by atoms with Crippen LogP contribution in [0.3, 0.4) is 0 Å². The quantitative estimate of drug-likeness (QED) is 0.280. The summed E-state index contributed by atoms with van der Waals surface area (Å²) >= 11 is 0.105. The van der Waals surface area contributed by atoms with Gasteiger partial charge in [-0.25, -0.2) is 0 Å². The first-order chi connectivity index (χ1) is 13.8. The summed E-state index contributed by atoms with van der Waals surface area (Å²) in [4.78, 5) is 33.6. The van der Waals surface area contributed by atoms with E-state index in [9.17, 15) is 25.0 Å². The van der Waals surface area contributed by atoms with Gasteiger partial charge in [-0.15, -0.1) is 0 Å². The molecule has 1 aliphatic rings. The van der Waals surface area contributed by atoms with Crippen molar-refractivity contribution in [2.45, 2.75) is 37.1 Å². The zero-order valence-corrected chi connectivity index (χ0v) is 17.4. The van der Waals surface area contributed by atoms with Crippen LogP contribution < -0.4 is 4.46 Å². The standard InChI is InChI=1S/C20H20N2O6Se/c1-13-7-10-19(29-15-5-3-2-4-6-15)18(11-13)28-20(23)16-9-8-14(21(24)25)12-17(16)22(26)27/h2-6,8-9,12-13,18-19H,7,10-11H2,1H3/t13-,18+,19+/m0/s1. The Hall–Kier alpha value is -2.77. The Kier molecular flexibility index (Phi) is 6.61. The maximum atomic E-state index is 12.7. The van der Waals surface area contributed by atoms with Crippen LogP contribution in [0.4, 0.5) is 11.4 Å². The van der Waals surface area contributed by atoms with Crippen LogP contribution in [0.15, 0.2) is 48.5 Å². The molecule has 8 nitrogen and oxygen atoms in total. The minimum atomic E-state index is -0.806. The van der Waals surface area contributed by atoms with Crippen LogP contribution in [0.5, 0.6) is 0 Å². The van der Waals surface area contributed by atoms with Gasteiger partial charge in [-0.2, -0.15) is 0 Å². The molecule has 0 bridgehead atoms. The number of benzene rings is 2. The number of esters is 1. The molecule has 9 heteroatoms. The molecule has 0 heterocycles. The summed E-state index contributed by atoms with van der Waals surface area (Å²) in [5.74, 6) is -0.415. The van der Waals surface area contributed by atoms with Crippen LogP contribution in [0, 0.1) is 26.1 Å². The predicted octanol–water partition coefficient (Wildman–Crippen LogP) is 3.67. The average Bonchev–Trinajstić information content (AvgIpc) is 2.70. The fourth-order valence-electron chi connectivity index (χ4n) is 3.39. The van der Waals surface area contributed by atoms with Crippen molar-refractivity contribution >= 4 is 36.8 Å². The zero-order chi connectivity index (χ0) is 21.0. The molecule has 0 radical (unpaired) electrons. The van der Waals surface area contributed by atoms with Crippen LogP contribution in [-0.4, -0.2) is 36.9 Å². The summed E-state index contributed by atoms with van der Waals surface area (Å²) in [6, 6.07) is 13.0. The van der Waals surface area contributed by atoms with Gasteiger partial charge in [0.1, 0.15) is 0 Å². The van der Waals surface area contributed by atoms with E-state index in [1.807, 2.05) is 18.2 Å². The van der Waals surface area contributed by atoms with E-state index in [2.05, 4.69) is 19.1 Å². The zero-order valence-electron chi connectivity index (χ0n) is 15.7. The molecule has 0 N–H and O–H groups in total. The molecule has 0 aromatic heterocycles. The van der Waals surface area contributed by atoms with Crippen molar-refractivity contribution in [1.29, 1.82) is 0 Å². The molecule has 2 aromatic rings. The fourth-order valence-corrected chi connectivity index (χ4v) is 5.99. The third-order valence-electron chi connectivity index (χ3n) is 4.89. The van der Waals surface area contributed by atoms with Gasteiger partial charge in [0.2, 0.25) is 0 Å². The Bertz CT molecular complexity index is 920. The number of ether oxygens (including phenoxy) is 1. The molecular weight excluding hydrogens is 443 g/mol. The Labute approximate surface area is 173 Å². The van der Waals surface area contributed by atoms with Gasteiger partial charge in [-0.3, -0.25) is 0 Å². The molecule has 0 saturated heterocycles. The van der Waals surface area contributed by atoms with E-state index in [1.165, 1.54) is 4.46 Å². The van der Waals surface area contributed by atoms with E-state index in [0.717, 1.165) is 31.0 Å². The van der Waals surface area contributed by atoms with E-state index in [-0.39, 0.29) is 31.4 Å². The number of hydrogen-bond donors (Lipinski definition) is 0. The van der Waals surface area contributed by atoms with Crippen LogP contribution >= 0.6 is 0 Å². The second kappa shape index (κ2) is 9.15. The SMILES string of the molecule is C[C@H]1CC[C@@H]([Se]c2ccccc2)[C@H](OC(=O)c2ccc([N+](=O)[O-])cc2[N+](=O)[O-])C1. The monoisotopic (exact) mass is 464 g/mol. The van der Waals surface area contributed by atoms with Crippen LogP contribution in [-0.2, 0) is 4.74 Å². The second-order valence-electron chi connectivity index (χ2n) is 7.05. The number of nitrogens with zero attached hydrogens (tertiary/aromatic N) is 2. The van der Waals surface area contributed by atoms with Gasteiger partial charge in [-0.1, -0.05) is 0 Å². The van der Waals surface area contributed by atoms with Gasteiger partial charge in [0.05, 0.1) is 0 Å². The predicted molar refractivity (Wildman–Crippen MR) is 108 cm³/mol. The minimum absolute atomic E-state index is 0.105. The van der Waals surface area contributed by atoms with Gasteiger partial charge in [-0.05, 0) is 0 Å². The van der Waals surface area contributed by atoms with Gasteiger partial charge in [0.25, 0.3) is 0 Å². The summed E-state index contributed by atoms with van der Waals surface area (Å²) in [5.41, 5.74) is -1.31. The first-order valence-corrected chi connectivity index (χ1v) is 11.0. The number of carbonyl (C=O) groups is 1. The summed E-state index contributed by atoms with van der Waals surface area (Å²) < 4.78 is 6.94. The van der Waals surface area contributed by atoms with E-state index in [0.29, 0.717) is 12.3 Å². The van der Waals surface area contributed by atoms with E-state index < -0.39 is 27.2 Å². The molecule has 2 aromatic carbocycles. The van der Waals surface area contributed by atoms with Crippen molar-refractivity contribution in [1.82, 2.24) is 0 Å². The molecule has 29 heavy (non-hydrogen) atoms. The Morgan fingerprint density at radius 3 is 2.45 bits per heavy atom. The van der Waals surface area contributed by atoms with Gasteiger partial charge >= 0.3 is 173 Å². The number of nitro groups is 2. The summed E-state index contributed by atoms with van der Waals surface area (Å²) in [6.45, 7) is 2.10. The second-order valence-corrected chi connectivity index (χ2v) is 9.80. The number of rotatable bonds is 6. The van der Waals surface area contributed by atoms with Gasteiger partial charge < -0.3 is 0 Å². The van der Waals surface area contributed by atoms with E-state index in [1.54, 1.807) is 0 Å². The molecule has 1 aliphatic carbocycles. The Morgan fingerprint density at radius 2 is 1.79 bits per heavy atom. The Balaban J connectivity index is 1.81. The van der Waals surface area contributed by atoms with Crippen molar-refractivity contribution in [3.8, 4) is 0 Å². The molecule has 1 fully saturated rings. The molecule has 0 aliphatic heterocycles. The van der Waals surface area contributed by atoms with Crippen molar-refractivity contribution in [3.05, 3.63) is 74.3 Å². The van der Waals surface area contributed by atoms with Crippen molar-refractivity contribution in [2.75, 3.05) is 0 Å². The van der Waals surface area contributed by atoms with Crippen LogP contribution in [0.25, 0.3) is 0 Å². The molecule has 0 amide bonds. The topological polar surface area (TPSA) is 113 Å². The molecule has 0 spiro atoms. The van der Waals surface area contributed by atoms with Gasteiger partial charge in [0, 0.05) is 0 Å². The van der Waals surface area contributed by atoms with Crippen molar-refractivity contribution in [3.63, 3.8) is 0 Å². The third kappa shape index (κ3) is 5.19. The first kappa shape index (κ1) is 21.0. The third-order valence-corrected chi connectivity index (χ3v) is 7.80. The number of non-ortho nitro benzene ring substituents is 1. The van der Waals surface area contributed by atoms with E-state index >= 15 is 0 Å². The molecule has 152 valence electrons. The number of nitro benzene ring substituents is 2. The summed E-state index contributed by atoms with van der Waals surface area (Å²) in [5, 5.41) is 22.2. The van der Waals surface area contributed by atoms with Crippen molar-refractivity contribution in [2.24, 2.45) is 5.92 Å². The average molecular weight is 463 g/mol. The Morgan fingerprint density at radius 1 is 1.07 bits per heavy atom. The first-order valence-electron chi connectivity index (χ1n) is 9.20. The molecule has 3 rings (SSSR count). The van der Waals surface area contributed by atoms with Crippen molar-refractivity contribution < 1.29 is 19.4 Å². The summed E-state index contributed by atoms with van der Waals surface area (Å²) in [7, 11) is 0. The van der Waals surface area contributed by atoms with Crippen LogP contribution in [0.2, 0.25) is 4.82 Å².